The third-order valence-electron chi connectivity index (χ3n) is 3.26. The van der Waals surface area contributed by atoms with Gasteiger partial charge in [0, 0.05) is 17.1 Å². The monoisotopic (exact) mass is 210 g/mol. The summed E-state index contributed by atoms with van der Waals surface area (Å²) in [6, 6.07) is 0.348. The first kappa shape index (κ1) is 10.1. The molecule has 2 N–H and O–H groups in total. The van der Waals surface area contributed by atoms with E-state index in [0.29, 0.717) is 6.04 Å². The van der Waals surface area contributed by atoms with Gasteiger partial charge in [-0.05, 0) is 31.1 Å². The molecule has 3 atom stereocenters. The second-order valence-corrected chi connectivity index (χ2v) is 5.48. The van der Waals surface area contributed by atoms with Gasteiger partial charge in [0.25, 0.3) is 0 Å². The van der Waals surface area contributed by atoms with Gasteiger partial charge in [-0.15, -0.1) is 11.3 Å². The molecule has 2 rings (SSSR count). The minimum absolute atomic E-state index is 0.348. The third-order valence-corrected chi connectivity index (χ3v) is 4.06. The lowest BCUT2D eigenvalue weighted by Crippen LogP contribution is -2.30. The van der Waals surface area contributed by atoms with Gasteiger partial charge in [-0.3, -0.25) is 4.98 Å². The molecular weight excluding hydrogens is 192 g/mol. The molecule has 14 heavy (non-hydrogen) atoms. The predicted octanol–water partition coefficient (Wildman–Crippen LogP) is 2.45. The molecule has 0 amide bonds. The number of hydrogen-bond acceptors (Lipinski definition) is 3. The zero-order valence-electron chi connectivity index (χ0n) is 8.65. The fraction of sp³-hybridized carbons (Fsp3) is 0.727. The van der Waals surface area contributed by atoms with Crippen molar-refractivity contribution in [3.8, 4) is 0 Å². The molecule has 0 radical (unpaired) electrons. The average Bonchev–Trinajstić information content (AvgIpc) is 2.75. The Hall–Kier alpha value is -0.410. The lowest BCUT2D eigenvalue weighted by molar-refractivity contribution is 0.417. The summed E-state index contributed by atoms with van der Waals surface area (Å²) in [5.74, 6) is 1.62. The topological polar surface area (TPSA) is 38.9 Å². The van der Waals surface area contributed by atoms with Crippen LogP contribution in [0.3, 0.4) is 0 Å². The van der Waals surface area contributed by atoms with Crippen molar-refractivity contribution in [3.05, 3.63) is 16.6 Å². The van der Waals surface area contributed by atoms with Gasteiger partial charge in [0.1, 0.15) is 0 Å². The summed E-state index contributed by atoms with van der Waals surface area (Å²) in [4.78, 5) is 5.41. The van der Waals surface area contributed by atoms with Crippen LogP contribution in [0.25, 0.3) is 0 Å². The number of nitrogens with two attached hydrogens (primary N) is 1. The molecule has 1 fully saturated rings. The normalized spacial score (nSPS) is 29.3. The van der Waals surface area contributed by atoms with Crippen LogP contribution >= 0.6 is 11.3 Å². The Labute approximate surface area is 89.5 Å². The van der Waals surface area contributed by atoms with Crippen molar-refractivity contribution in [2.45, 2.75) is 38.6 Å². The van der Waals surface area contributed by atoms with Crippen LogP contribution in [0.2, 0.25) is 0 Å². The Kier molecular flexibility index (Phi) is 3.19. The highest BCUT2D eigenvalue weighted by Crippen LogP contribution is 2.33. The summed E-state index contributed by atoms with van der Waals surface area (Å²) in [6.07, 6.45) is 6.97. The van der Waals surface area contributed by atoms with E-state index in [0.717, 1.165) is 18.3 Å². The summed E-state index contributed by atoms with van der Waals surface area (Å²) in [5, 5.41) is 0. The predicted molar refractivity (Wildman–Crippen MR) is 60.3 cm³/mol. The van der Waals surface area contributed by atoms with Gasteiger partial charge >= 0.3 is 0 Å². The molecule has 0 aliphatic heterocycles. The maximum Gasteiger partial charge on any atom is 0.0794 e. The van der Waals surface area contributed by atoms with Crippen LogP contribution in [-0.4, -0.2) is 11.0 Å². The summed E-state index contributed by atoms with van der Waals surface area (Å²) < 4.78 is 0. The van der Waals surface area contributed by atoms with Crippen molar-refractivity contribution in [3.63, 3.8) is 0 Å². The molecule has 1 aromatic rings. The number of thiazole rings is 1. The summed E-state index contributed by atoms with van der Waals surface area (Å²) >= 11 is 1.72. The molecule has 0 spiro atoms. The Balaban J connectivity index is 1.87. The van der Waals surface area contributed by atoms with Crippen LogP contribution in [0.5, 0.6) is 0 Å². The van der Waals surface area contributed by atoms with Crippen LogP contribution < -0.4 is 5.73 Å². The molecule has 0 aromatic carbocycles. The minimum Gasteiger partial charge on any atom is -0.327 e. The van der Waals surface area contributed by atoms with Gasteiger partial charge in [0.2, 0.25) is 0 Å². The molecule has 3 unspecified atom stereocenters. The number of rotatable bonds is 3. The van der Waals surface area contributed by atoms with E-state index in [4.69, 9.17) is 5.73 Å². The Morgan fingerprint density at radius 1 is 1.64 bits per heavy atom. The van der Waals surface area contributed by atoms with Crippen LogP contribution in [0.1, 0.15) is 31.1 Å². The van der Waals surface area contributed by atoms with E-state index in [9.17, 15) is 0 Å². The number of aromatic nitrogens is 1. The van der Waals surface area contributed by atoms with E-state index < -0.39 is 0 Å². The SMILES string of the molecule is CC1CCC(C(N)Cc2cncs2)C1. The van der Waals surface area contributed by atoms with Crippen molar-refractivity contribution in [2.24, 2.45) is 17.6 Å². The summed E-state index contributed by atoms with van der Waals surface area (Å²) in [6.45, 7) is 2.33. The molecule has 1 heterocycles. The molecule has 78 valence electrons. The van der Waals surface area contributed by atoms with Crippen LogP contribution in [0.4, 0.5) is 0 Å². The molecule has 0 bridgehead atoms. The number of nitrogens with zero attached hydrogens (tertiary/aromatic N) is 1. The van der Waals surface area contributed by atoms with Gasteiger partial charge < -0.3 is 5.73 Å². The fourth-order valence-electron chi connectivity index (χ4n) is 2.38. The van der Waals surface area contributed by atoms with Crippen LogP contribution in [0, 0.1) is 11.8 Å². The smallest absolute Gasteiger partial charge is 0.0794 e. The zero-order valence-corrected chi connectivity index (χ0v) is 9.46. The lowest BCUT2D eigenvalue weighted by atomic mass is 9.95. The van der Waals surface area contributed by atoms with E-state index in [2.05, 4.69) is 11.9 Å². The van der Waals surface area contributed by atoms with E-state index in [1.54, 1.807) is 11.3 Å². The number of hydrogen-bond donors (Lipinski definition) is 1. The van der Waals surface area contributed by atoms with Gasteiger partial charge in [-0.2, -0.15) is 0 Å². The van der Waals surface area contributed by atoms with Gasteiger partial charge in [0.15, 0.2) is 0 Å². The third kappa shape index (κ3) is 2.34. The maximum absolute atomic E-state index is 6.21. The maximum atomic E-state index is 6.21. The van der Waals surface area contributed by atoms with Crippen molar-refractivity contribution < 1.29 is 0 Å². The highest BCUT2D eigenvalue weighted by Gasteiger charge is 2.26. The second kappa shape index (κ2) is 4.41. The van der Waals surface area contributed by atoms with Crippen molar-refractivity contribution in [1.29, 1.82) is 0 Å². The van der Waals surface area contributed by atoms with Crippen LogP contribution in [0.15, 0.2) is 11.7 Å². The quantitative estimate of drug-likeness (QED) is 0.832. The fourth-order valence-corrected chi connectivity index (χ4v) is 3.05. The van der Waals surface area contributed by atoms with Gasteiger partial charge in [-0.25, -0.2) is 0 Å². The zero-order chi connectivity index (χ0) is 9.97. The first-order valence-corrected chi connectivity index (χ1v) is 6.26. The molecule has 1 saturated carbocycles. The van der Waals surface area contributed by atoms with Crippen molar-refractivity contribution >= 4 is 11.3 Å². The standard InChI is InChI=1S/C11H18N2S/c1-8-2-3-9(4-8)11(12)5-10-6-13-7-14-10/h6-9,11H,2-5,12H2,1H3. The Bertz CT molecular complexity index is 271. The van der Waals surface area contributed by atoms with Crippen molar-refractivity contribution in [1.82, 2.24) is 4.98 Å². The van der Waals surface area contributed by atoms with E-state index >= 15 is 0 Å². The Morgan fingerprint density at radius 2 is 2.50 bits per heavy atom. The first-order valence-electron chi connectivity index (χ1n) is 5.38. The van der Waals surface area contributed by atoms with Gasteiger partial charge in [-0.1, -0.05) is 13.3 Å². The molecule has 3 heteroatoms. The van der Waals surface area contributed by atoms with Crippen molar-refractivity contribution in [2.75, 3.05) is 0 Å². The average molecular weight is 210 g/mol. The second-order valence-electron chi connectivity index (χ2n) is 4.51. The highest BCUT2D eigenvalue weighted by molar-refractivity contribution is 7.09. The molecular formula is C11H18N2S. The van der Waals surface area contributed by atoms with E-state index in [-0.39, 0.29) is 0 Å². The molecule has 1 aliphatic rings. The van der Waals surface area contributed by atoms with E-state index in [1.165, 1.54) is 24.1 Å². The molecule has 0 saturated heterocycles. The highest BCUT2D eigenvalue weighted by atomic mass is 32.1. The minimum atomic E-state index is 0.348. The van der Waals surface area contributed by atoms with Crippen LogP contribution in [-0.2, 0) is 6.42 Å². The largest absolute Gasteiger partial charge is 0.327 e. The molecule has 2 nitrogen and oxygen atoms in total. The molecule has 1 aliphatic carbocycles. The van der Waals surface area contributed by atoms with E-state index in [1.807, 2.05) is 11.7 Å². The lowest BCUT2D eigenvalue weighted by Gasteiger charge is -2.17. The summed E-state index contributed by atoms with van der Waals surface area (Å²) in [5.41, 5.74) is 8.10. The van der Waals surface area contributed by atoms with Gasteiger partial charge in [0.05, 0.1) is 5.51 Å². The Morgan fingerprint density at radius 3 is 3.07 bits per heavy atom. The summed E-state index contributed by atoms with van der Waals surface area (Å²) in [7, 11) is 0. The molecule has 1 aromatic heterocycles. The first-order chi connectivity index (χ1) is 6.75.